The number of rotatable bonds is 10. The van der Waals surface area contributed by atoms with Crippen LogP contribution in [0.2, 0.25) is 0 Å². The lowest BCUT2D eigenvalue weighted by Crippen LogP contribution is -2.57. The maximum atomic E-state index is 13.5. The van der Waals surface area contributed by atoms with Crippen molar-refractivity contribution in [1.82, 2.24) is 20.4 Å². The number of benzene rings is 1. The zero-order chi connectivity index (χ0) is 29.2. The zero-order valence-electron chi connectivity index (χ0n) is 24.9. The quantitative estimate of drug-likeness (QED) is 0.424. The van der Waals surface area contributed by atoms with Gasteiger partial charge < -0.3 is 20.1 Å². The molecule has 3 amide bonds. The van der Waals surface area contributed by atoms with Crippen LogP contribution in [0.1, 0.15) is 71.3 Å². The van der Waals surface area contributed by atoms with Crippen molar-refractivity contribution in [3.8, 4) is 0 Å². The number of amides is 3. The standard InChI is InChI=1S/C31H48N4O5S/c1-31(2,3)40-30(38)35-22-39-19-27(35)29(37)33-26(21-41-20-24-12-8-5-9-13-24)28(36)32-25-14-16-34(17-15-25)18-23-10-6-4-7-11-23/h4,6-7,10-11,24-27H,5,8-9,12-22H2,1-3H3,(H,32,36)(H,33,37)/t26-,27-/m0/s1. The number of nitrogens with one attached hydrogen (secondary N) is 2. The predicted molar refractivity (Wildman–Crippen MR) is 161 cm³/mol. The number of nitrogens with zero attached hydrogens (tertiary/aromatic N) is 2. The number of hydrogen-bond donors (Lipinski definition) is 2. The first-order valence-corrected chi connectivity index (χ1v) is 16.4. The molecule has 0 radical (unpaired) electrons. The molecular weight excluding hydrogens is 540 g/mol. The summed E-state index contributed by atoms with van der Waals surface area (Å²) in [5.74, 6) is 1.63. The Hall–Kier alpha value is -2.30. The maximum absolute atomic E-state index is 13.5. The molecule has 1 aromatic rings. The first-order valence-electron chi connectivity index (χ1n) is 15.2. The number of ether oxygens (including phenoxy) is 2. The van der Waals surface area contributed by atoms with Crippen molar-refractivity contribution in [2.45, 2.75) is 96.0 Å². The van der Waals surface area contributed by atoms with Gasteiger partial charge >= 0.3 is 6.09 Å². The van der Waals surface area contributed by atoms with Crippen LogP contribution in [0.5, 0.6) is 0 Å². The van der Waals surface area contributed by atoms with E-state index in [1.165, 1.54) is 42.6 Å². The molecule has 0 bridgehead atoms. The summed E-state index contributed by atoms with van der Waals surface area (Å²) in [7, 11) is 0. The molecule has 4 rings (SSSR count). The van der Waals surface area contributed by atoms with Gasteiger partial charge in [-0.2, -0.15) is 11.8 Å². The number of carbonyl (C=O) groups is 3. The van der Waals surface area contributed by atoms with E-state index in [-0.39, 0.29) is 31.2 Å². The van der Waals surface area contributed by atoms with E-state index in [4.69, 9.17) is 9.47 Å². The average Bonchev–Trinajstić information content (AvgIpc) is 3.44. The molecule has 0 unspecified atom stereocenters. The molecule has 2 N–H and O–H groups in total. The molecule has 10 heteroatoms. The third-order valence-electron chi connectivity index (χ3n) is 7.99. The van der Waals surface area contributed by atoms with Crippen molar-refractivity contribution in [1.29, 1.82) is 0 Å². The smallest absolute Gasteiger partial charge is 0.412 e. The Morgan fingerprint density at radius 2 is 1.76 bits per heavy atom. The molecule has 2 aliphatic heterocycles. The van der Waals surface area contributed by atoms with Gasteiger partial charge in [0.05, 0.1) is 6.61 Å². The van der Waals surface area contributed by atoms with E-state index in [1.807, 2.05) is 6.07 Å². The van der Waals surface area contributed by atoms with Crippen LogP contribution >= 0.6 is 11.8 Å². The summed E-state index contributed by atoms with van der Waals surface area (Å²) >= 11 is 1.74. The van der Waals surface area contributed by atoms with Crippen molar-refractivity contribution >= 4 is 29.7 Å². The zero-order valence-corrected chi connectivity index (χ0v) is 25.8. The molecule has 41 heavy (non-hydrogen) atoms. The highest BCUT2D eigenvalue weighted by atomic mass is 32.2. The van der Waals surface area contributed by atoms with Gasteiger partial charge in [-0.05, 0) is 63.7 Å². The van der Waals surface area contributed by atoms with E-state index in [1.54, 1.807) is 32.5 Å². The summed E-state index contributed by atoms with van der Waals surface area (Å²) in [5, 5.41) is 6.19. The lowest BCUT2D eigenvalue weighted by atomic mass is 9.91. The van der Waals surface area contributed by atoms with Crippen LogP contribution in [-0.4, -0.2) is 89.4 Å². The van der Waals surface area contributed by atoms with E-state index < -0.39 is 23.8 Å². The van der Waals surface area contributed by atoms with Gasteiger partial charge in [-0.15, -0.1) is 0 Å². The first-order chi connectivity index (χ1) is 19.7. The average molecular weight is 589 g/mol. The van der Waals surface area contributed by atoms with E-state index >= 15 is 0 Å². The lowest BCUT2D eigenvalue weighted by Gasteiger charge is -2.33. The number of thioether (sulfide) groups is 1. The fraction of sp³-hybridized carbons (Fsp3) is 0.710. The van der Waals surface area contributed by atoms with E-state index in [2.05, 4.69) is 39.8 Å². The second-order valence-corrected chi connectivity index (χ2v) is 13.7. The SMILES string of the molecule is CC(C)(C)OC(=O)N1COC[C@H]1C(=O)N[C@@H](CSCC1CCCCC1)C(=O)NC1CCN(Cc2ccccc2)CC1. The Labute approximate surface area is 249 Å². The van der Waals surface area contributed by atoms with Gasteiger partial charge in [0.15, 0.2) is 0 Å². The van der Waals surface area contributed by atoms with Crippen LogP contribution in [0.25, 0.3) is 0 Å². The first kappa shape index (κ1) is 31.6. The second-order valence-electron chi connectivity index (χ2n) is 12.6. The van der Waals surface area contributed by atoms with E-state index in [9.17, 15) is 14.4 Å². The minimum absolute atomic E-state index is 0.0121. The van der Waals surface area contributed by atoms with Crippen molar-refractivity contribution in [3.63, 3.8) is 0 Å². The normalized spacial score (nSPS) is 21.8. The van der Waals surface area contributed by atoms with Crippen LogP contribution < -0.4 is 10.6 Å². The Morgan fingerprint density at radius 1 is 1.05 bits per heavy atom. The van der Waals surface area contributed by atoms with Crippen LogP contribution in [-0.2, 0) is 25.6 Å². The molecule has 2 saturated heterocycles. The van der Waals surface area contributed by atoms with Gasteiger partial charge in [-0.3, -0.25) is 19.4 Å². The Bertz CT molecular complexity index is 990. The fourth-order valence-corrected chi connectivity index (χ4v) is 6.97. The molecule has 2 heterocycles. The van der Waals surface area contributed by atoms with Crippen molar-refractivity contribution < 1.29 is 23.9 Å². The molecule has 9 nitrogen and oxygen atoms in total. The number of piperidine rings is 1. The molecule has 1 saturated carbocycles. The Kier molecular flexibility index (Phi) is 11.8. The molecule has 3 aliphatic rings. The molecule has 2 atom stereocenters. The number of likely N-dealkylation sites (tertiary alicyclic amines) is 1. The van der Waals surface area contributed by atoms with Crippen molar-refractivity contribution in [2.24, 2.45) is 5.92 Å². The molecule has 1 aliphatic carbocycles. The van der Waals surface area contributed by atoms with Gasteiger partial charge in [-0.1, -0.05) is 49.6 Å². The molecule has 0 aromatic heterocycles. The third kappa shape index (κ3) is 10.2. The van der Waals surface area contributed by atoms with Crippen LogP contribution in [0.3, 0.4) is 0 Å². The van der Waals surface area contributed by atoms with Gasteiger partial charge in [0.1, 0.15) is 24.4 Å². The van der Waals surface area contributed by atoms with Crippen LogP contribution in [0.15, 0.2) is 30.3 Å². The topological polar surface area (TPSA) is 100 Å². The molecule has 1 aromatic carbocycles. The van der Waals surface area contributed by atoms with Crippen LogP contribution in [0, 0.1) is 5.92 Å². The van der Waals surface area contributed by atoms with Gasteiger partial charge in [0.25, 0.3) is 0 Å². The summed E-state index contributed by atoms with van der Waals surface area (Å²) in [4.78, 5) is 43.3. The summed E-state index contributed by atoms with van der Waals surface area (Å²) in [5.41, 5.74) is 0.610. The lowest BCUT2D eigenvalue weighted by molar-refractivity contribution is -0.131. The molecule has 228 valence electrons. The van der Waals surface area contributed by atoms with Gasteiger partial charge in [0.2, 0.25) is 11.8 Å². The highest BCUT2D eigenvalue weighted by molar-refractivity contribution is 7.99. The fourth-order valence-electron chi connectivity index (χ4n) is 5.70. The highest BCUT2D eigenvalue weighted by Crippen LogP contribution is 2.27. The minimum atomic E-state index is -0.829. The van der Waals surface area contributed by atoms with Crippen LogP contribution in [0.4, 0.5) is 4.79 Å². The number of hydrogen-bond acceptors (Lipinski definition) is 7. The Balaban J connectivity index is 1.32. The van der Waals surface area contributed by atoms with Crippen molar-refractivity contribution in [2.75, 3.05) is 37.9 Å². The summed E-state index contributed by atoms with van der Waals surface area (Å²) in [6, 6.07) is 9.01. The number of carbonyl (C=O) groups excluding carboxylic acids is 3. The van der Waals surface area contributed by atoms with Gasteiger partial charge in [0, 0.05) is 31.4 Å². The third-order valence-corrected chi connectivity index (χ3v) is 9.27. The maximum Gasteiger partial charge on any atom is 0.412 e. The Morgan fingerprint density at radius 3 is 2.44 bits per heavy atom. The largest absolute Gasteiger partial charge is 0.444 e. The minimum Gasteiger partial charge on any atom is -0.444 e. The molecule has 3 fully saturated rings. The van der Waals surface area contributed by atoms with E-state index in [0.29, 0.717) is 11.7 Å². The van der Waals surface area contributed by atoms with Gasteiger partial charge in [-0.25, -0.2) is 4.79 Å². The van der Waals surface area contributed by atoms with Crippen molar-refractivity contribution in [3.05, 3.63) is 35.9 Å². The summed E-state index contributed by atoms with van der Waals surface area (Å²) < 4.78 is 10.9. The molecule has 0 spiro atoms. The highest BCUT2D eigenvalue weighted by Gasteiger charge is 2.39. The monoisotopic (exact) mass is 588 g/mol. The summed E-state index contributed by atoms with van der Waals surface area (Å²) in [6.07, 6.45) is 7.49. The molecular formula is C31H48N4O5S. The summed E-state index contributed by atoms with van der Waals surface area (Å²) in [6.45, 7) is 8.16. The van der Waals surface area contributed by atoms with E-state index in [0.717, 1.165) is 38.2 Å². The predicted octanol–water partition coefficient (Wildman–Crippen LogP) is 4.16. The second kappa shape index (κ2) is 15.3.